The molecule has 2 rings (SSSR count). The number of halogens is 3. The molecule has 0 aliphatic rings. The van der Waals surface area contributed by atoms with Gasteiger partial charge in [0.1, 0.15) is 11.6 Å². The molecule has 0 heterocycles. The van der Waals surface area contributed by atoms with Crippen LogP contribution in [-0.4, -0.2) is 17.2 Å². The number of hydrazone groups is 1. The Balaban J connectivity index is 2.15. The van der Waals surface area contributed by atoms with Gasteiger partial charge in [-0.15, -0.1) is 0 Å². The summed E-state index contributed by atoms with van der Waals surface area (Å²) in [7, 11) is 0. The van der Waals surface area contributed by atoms with Crippen molar-refractivity contribution in [3.8, 4) is 11.8 Å². The number of phenolic OH excluding ortho intramolecular Hbond substituents is 1. The topological polar surface area (TPSA) is 85.5 Å². The largest absolute Gasteiger partial charge is 0.506 e. The van der Waals surface area contributed by atoms with Crippen molar-refractivity contribution in [3.05, 3.63) is 62.3 Å². The molecule has 5 nitrogen and oxygen atoms in total. The Bertz CT molecular complexity index is 849. The van der Waals surface area contributed by atoms with Crippen LogP contribution in [0.4, 0.5) is 4.39 Å². The van der Waals surface area contributed by atoms with Crippen LogP contribution in [-0.2, 0) is 0 Å². The number of nitriles is 1. The van der Waals surface area contributed by atoms with E-state index in [1.165, 1.54) is 24.4 Å². The normalized spacial score (nSPS) is 10.5. The van der Waals surface area contributed by atoms with Crippen LogP contribution >= 0.6 is 27.5 Å². The Morgan fingerprint density at radius 1 is 1.43 bits per heavy atom. The lowest BCUT2D eigenvalue weighted by Crippen LogP contribution is -2.19. The second-order valence-electron chi connectivity index (χ2n) is 4.33. The van der Waals surface area contributed by atoms with Gasteiger partial charge in [0.25, 0.3) is 5.91 Å². The predicted molar refractivity (Wildman–Crippen MR) is 87.0 cm³/mol. The molecule has 0 aliphatic heterocycles. The highest BCUT2D eigenvalue weighted by Crippen LogP contribution is 2.30. The number of carbonyl (C=O) groups excluding carboxylic acids is 1. The van der Waals surface area contributed by atoms with Gasteiger partial charge in [-0.3, -0.25) is 4.79 Å². The number of carbonyl (C=O) groups is 1. The average molecular weight is 397 g/mol. The summed E-state index contributed by atoms with van der Waals surface area (Å²) in [6.07, 6.45) is 1.17. The van der Waals surface area contributed by atoms with E-state index in [0.717, 1.165) is 6.07 Å². The van der Waals surface area contributed by atoms with Gasteiger partial charge in [0.2, 0.25) is 0 Å². The van der Waals surface area contributed by atoms with E-state index in [1.54, 1.807) is 12.1 Å². The monoisotopic (exact) mass is 395 g/mol. The Hall–Kier alpha value is -2.43. The smallest absolute Gasteiger partial charge is 0.274 e. The van der Waals surface area contributed by atoms with Crippen molar-refractivity contribution in [2.24, 2.45) is 5.10 Å². The number of amides is 1. The SMILES string of the molecule is N#Cc1ccc(C(=O)N/N=C/c2cc(Br)cc(Cl)c2O)c(F)c1. The van der Waals surface area contributed by atoms with Gasteiger partial charge in [0, 0.05) is 10.0 Å². The van der Waals surface area contributed by atoms with E-state index in [2.05, 4.69) is 26.5 Å². The number of benzene rings is 2. The fourth-order valence-corrected chi connectivity index (χ4v) is 2.51. The summed E-state index contributed by atoms with van der Waals surface area (Å²) >= 11 is 9.01. The van der Waals surface area contributed by atoms with Gasteiger partial charge < -0.3 is 5.11 Å². The molecule has 0 saturated carbocycles. The highest BCUT2D eigenvalue weighted by Gasteiger charge is 2.12. The van der Waals surface area contributed by atoms with Gasteiger partial charge in [-0.2, -0.15) is 10.4 Å². The molecule has 2 aromatic rings. The van der Waals surface area contributed by atoms with Gasteiger partial charge in [-0.1, -0.05) is 27.5 Å². The summed E-state index contributed by atoms with van der Waals surface area (Å²) in [6.45, 7) is 0. The fraction of sp³-hybridized carbons (Fsp3) is 0. The maximum Gasteiger partial charge on any atom is 0.274 e. The van der Waals surface area contributed by atoms with Crippen molar-refractivity contribution in [2.45, 2.75) is 0 Å². The fourth-order valence-electron chi connectivity index (χ4n) is 1.67. The van der Waals surface area contributed by atoms with Gasteiger partial charge in [-0.25, -0.2) is 9.82 Å². The molecule has 0 spiro atoms. The van der Waals surface area contributed by atoms with Crippen LogP contribution in [0.25, 0.3) is 0 Å². The minimum absolute atomic E-state index is 0.108. The average Bonchev–Trinajstić information content (AvgIpc) is 2.51. The van der Waals surface area contributed by atoms with Gasteiger partial charge in [-0.05, 0) is 30.3 Å². The van der Waals surface area contributed by atoms with Gasteiger partial charge >= 0.3 is 0 Å². The molecule has 0 radical (unpaired) electrons. The molecule has 2 N–H and O–H groups in total. The van der Waals surface area contributed by atoms with Crippen molar-refractivity contribution < 1.29 is 14.3 Å². The highest BCUT2D eigenvalue weighted by molar-refractivity contribution is 9.10. The lowest BCUT2D eigenvalue weighted by atomic mass is 10.1. The summed E-state index contributed by atoms with van der Waals surface area (Å²) in [5, 5.41) is 22.2. The van der Waals surface area contributed by atoms with Crippen LogP contribution in [0.2, 0.25) is 5.02 Å². The molecule has 116 valence electrons. The Kier molecular flexibility index (Phi) is 5.32. The van der Waals surface area contributed by atoms with Gasteiger partial charge in [0.05, 0.1) is 28.4 Å². The zero-order valence-electron chi connectivity index (χ0n) is 11.3. The first-order chi connectivity index (χ1) is 10.9. The third-order valence-electron chi connectivity index (χ3n) is 2.77. The number of nitrogens with zero attached hydrogens (tertiary/aromatic N) is 2. The van der Waals surface area contributed by atoms with Crippen molar-refractivity contribution in [3.63, 3.8) is 0 Å². The van der Waals surface area contributed by atoms with E-state index in [9.17, 15) is 14.3 Å². The minimum Gasteiger partial charge on any atom is -0.506 e. The molecular formula is C15H8BrClFN3O2. The van der Waals surface area contributed by atoms with E-state index < -0.39 is 11.7 Å². The second kappa shape index (κ2) is 7.22. The molecule has 8 heteroatoms. The number of aromatic hydroxyl groups is 1. The number of nitrogens with one attached hydrogen (secondary N) is 1. The number of rotatable bonds is 3. The van der Waals surface area contributed by atoms with E-state index in [4.69, 9.17) is 16.9 Å². The lowest BCUT2D eigenvalue weighted by Gasteiger charge is -2.04. The summed E-state index contributed by atoms with van der Waals surface area (Å²) in [5.41, 5.74) is 2.25. The summed E-state index contributed by atoms with van der Waals surface area (Å²) in [6, 6.07) is 8.27. The van der Waals surface area contributed by atoms with Crippen molar-refractivity contribution in [1.82, 2.24) is 5.43 Å². The molecule has 2 aromatic carbocycles. The molecule has 23 heavy (non-hydrogen) atoms. The molecule has 1 amide bonds. The maximum atomic E-state index is 13.7. The van der Waals surface area contributed by atoms with Crippen LogP contribution in [0.3, 0.4) is 0 Å². The van der Waals surface area contributed by atoms with Crippen LogP contribution in [0.5, 0.6) is 5.75 Å². The van der Waals surface area contributed by atoms with Crippen LogP contribution < -0.4 is 5.43 Å². The minimum atomic E-state index is -0.829. The zero-order valence-corrected chi connectivity index (χ0v) is 13.7. The van der Waals surface area contributed by atoms with Crippen molar-refractivity contribution in [1.29, 1.82) is 5.26 Å². The number of hydrogen-bond acceptors (Lipinski definition) is 4. The lowest BCUT2D eigenvalue weighted by molar-refractivity contribution is 0.0951. The summed E-state index contributed by atoms with van der Waals surface area (Å²) in [4.78, 5) is 11.8. The molecule has 0 saturated heterocycles. The molecule has 0 unspecified atom stereocenters. The van der Waals surface area contributed by atoms with Crippen LogP contribution in [0.15, 0.2) is 39.9 Å². The predicted octanol–water partition coefficient (Wildman–Crippen LogP) is 3.58. The number of phenols is 1. The number of hydrogen-bond donors (Lipinski definition) is 2. The zero-order chi connectivity index (χ0) is 17.0. The maximum absolute atomic E-state index is 13.7. The first-order valence-electron chi connectivity index (χ1n) is 6.13. The first-order valence-corrected chi connectivity index (χ1v) is 7.30. The Labute approximate surface area is 144 Å². The highest BCUT2D eigenvalue weighted by atomic mass is 79.9. The Morgan fingerprint density at radius 2 is 2.17 bits per heavy atom. The van der Waals surface area contributed by atoms with Crippen LogP contribution in [0.1, 0.15) is 21.5 Å². The first kappa shape index (κ1) is 16.9. The summed E-state index contributed by atoms with van der Waals surface area (Å²) in [5.74, 6) is -1.81. The van der Waals surface area contributed by atoms with E-state index >= 15 is 0 Å². The Morgan fingerprint density at radius 3 is 2.83 bits per heavy atom. The summed E-state index contributed by atoms with van der Waals surface area (Å²) < 4.78 is 14.3. The van der Waals surface area contributed by atoms with E-state index in [1.807, 2.05) is 0 Å². The standard InChI is InChI=1S/C15H8BrClFN3O2/c16-10-4-9(14(22)12(17)5-10)7-20-21-15(23)11-2-1-8(6-19)3-13(11)18/h1-5,7,22H,(H,21,23)/b20-7+. The molecule has 0 fully saturated rings. The third kappa shape index (κ3) is 4.06. The molecular weight excluding hydrogens is 389 g/mol. The van der Waals surface area contributed by atoms with Crippen molar-refractivity contribution in [2.75, 3.05) is 0 Å². The molecule has 0 atom stereocenters. The molecule has 0 aliphatic carbocycles. The molecule has 0 aromatic heterocycles. The molecule has 0 bridgehead atoms. The third-order valence-corrected chi connectivity index (χ3v) is 3.52. The van der Waals surface area contributed by atoms with Crippen LogP contribution in [0, 0.1) is 17.1 Å². The quantitative estimate of drug-likeness (QED) is 0.614. The van der Waals surface area contributed by atoms with E-state index in [0.29, 0.717) is 4.47 Å². The second-order valence-corrected chi connectivity index (χ2v) is 5.65. The van der Waals surface area contributed by atoms with Gasteiger partial charge in [0.15, 0.2) is 0 Å². The van der Waals surface area contributed by atoms with E-state index in [-0.39, 0.29) is 27.5 Å². The van der Waals surface area contributed by atoms with Crippen molar-refractivity contribution >= 4 is 39.7 Å².